The minimum atomic E-state index is -0.370. The van der Waals surface area contributed by atoms with Gasteiger partial charge in [-0.05, 0) is 35.6 Å². The number of fused-ring (bicyclic) bond motifs is 3. The standard InChI is InChI=1S/C18H17N3O3/c1-24-16-10-12(21(22)23)9-15-13-3-2-4-14(13)17(20-18(15)16)11-5-7-19-8-6-11/h2-3,5-10,13-14,17,20H,4H2,1H3/t13?,14?,17-/m1/s1. The van der Waals surface area contributed by atoms with Gasteiger partial charge in [0, 0.05) is 24.4 Å². The zero-order valence-corrected chi connectivity index (χ0v) is 13.2. The first kappa shape index (κ1) is 14.7. The second-order valence-corrected chi connectivity index (χ2v) is 6.13. The van der Waals surface area contributed by atoms with E-state index < -0.39 is 0 Å². The van der Waals surface area contributed by atoms with Crippen molar-refractivity contribution in [3.63, 3.8) is 0 Å². The molecule has 1 N–H and O–H groups in total. The van der Waals surface area contributed by atoms with Gasteiger partial charge in [0.05, 0.1) is 29.8 Å². The van der Waals surface area contributed by atoms with Crippen LogP contribution in [0.25, 0.3) is 0 Å². The SMILES string of the molecule is COc1cc([N+](=O)[O-])cc2c1N[C@H](c1ccncc1)C1CC=CC21. The third-order valence-electron chi connectivity index (χ3n) is 4.91. The molecule has 4 rings (SSSR count). The maximum atomic E-state index is 11.2. The maximum Gasteiger partial charge on any atom is 0.273 e. The average Bonchev–Trinajstić information content (AvgIpc) is 3.10. The van der Waals surface area contributed by atoms with Crippen LogP contribution < -0.4 is 10.1 Å². The number of rotatable bonds is 3. The number of allylic oxidation sites excluding steroid dienone is 2. The molecule has 1 aromatic carbocycles. The number of anilines is 1. The van der Waals surface area contributed by atoms with Crippen LogP contribution in [0.5, 0.6) is 5.75 Å². The van der Waals surface area contributed by atoms with E-state index in [1.54, 1.807) is 25.6 Å². The largest absolute Gasteiger partial charge is 0.494 e. The van der Waals surface area contributed by atoms with E-state index >= 15 is 0 Å². The maximum absolute atomic E-state index is 11.2. The molecule has 0 saturated carbocycles. The molecule has 122 valence electrons. The van der Waals surface area contributed by atoms with Gasteiger partial charge in [0.25, 0.3) is 5.69 Å². The zero-order chi connectivity index (χ0) is 16.7. The summed E-state index contributed by atoms with van der Waals surface area (Å²) in [7, 11) is 1.54. The van der Waals surface area contributed by atoms with Crippen LogP contribution in [0.1, 0.15) is 29.5 Å². The fraction of sp³-hybridized carbons (Fsp3) is 0.278. The molecule has 0 fully saturated rings. The van der Waals surface area contributed by atoms with E-state index in [0.717, 1.165) is 23.2 Å². The zero-order valence-electron chi connectivity index (χ0n) is 13.2. The minimum absolute atomic E-state index is 0.0637. The van der Waals surface area contributed by atoms with Crippen LogP contribution in [-0.2, 0) is 0 Å². The topological polar surface area (TPSA) is 77.3 Å². The van der Waals surface area contributed by atoms with Gasteiger partial charge in [0.15, 0.2) is 0 Å². The summed E-state index contributed by atoms with van der Waals surface area (Å²) in [6.45, 7) is 0. The molecule has 1 aromatic heterocycles. The molecular formula is C18H17N3O3. The van der Waals surface area contributed by atoms with E-state index in [0.29, 0.717) is 11.7 Å². The Morgan fingerprint density at radius 1 is 1.33 bits per heavy atom. The highest BCUT2D eigenvalue weighted by molar-refractivity contribution is 5.71. The van der Waals surface area contributed by atoms with Crippen LogP contribution in [-0.4, -0.2) is 17.0 Å². The summed E-state index contributed by atoms with van der Waals surface area (Å²) in [5.74, 6) is 0.983. The Morgan fingerprint density at radius 3 is 2.83 bits per heavy atom. The molecule has 2 aliphatic rings. The quantitative estimate of drug-likeness (QED) is 0.528. The molecule has 6 nitrogen and oxygen atoms in total. The van der Waals surface area contributed by atoms with Gasteiger partial charge in [-0.2, -0.15) is 0 Å². The van der Waals surface area contributed by atoms with Crippen molar-refractivity contribution in [3.8, 4) is 5.75 Å². The summed E-state index contributed by atoms with van der Waals surface area (Å²) in [6, 6.07) is 7.29. The molecule has 3 atom stereocenters. The van der Waals surface area contributed by atoms with E-state index in [1.807, 2.05) is 12.1 Å². The molecule has 1 aliphatic carbocycles. The average molecular weight is 323 g/mol. The van der Waals surface area contributed by atoms with Gasteiger partial charge >= 0.3 is 0 Å². The summed E-state index contributed by atoms with van der Waals surface area (Å²) in [5, 5.41) is 14.8. The first-order chi connectivity index (χ1) is 11.7. The second-order valence-electron chi connectivity index (χ2n) is 6.13. The molecule has 0 bridgehead atoms. The van der Waals surface area contributed by atoms with Crippen molar-refractivity contribution in [1.82, 2.24) is 4.98 Å². The van der Waals surface area contributed by atoms with E-state index in [1.165, 1.54) is 6.07 Å². The van der Waals surface area contributed by atoms with Crippen LogP contribution >= 0.6 is 0 Å². The Hall–Kier alpha value is -2.89. The number of methoxy groups -OCH3 is 1. The van der Waals surface area contributed by atoms with E-state index in [9.17, 15) is 10.1 Å². The van der Waals surface area contributed by atoms with Gasteiger partial charge in [-0.25, -0.2) is 0 Å². The van der Waals surface area contributed by atoms with Crippen molar-refractivity contribution >= 4 is 11.4 Å². The predicted octanol–water partition coefficient (Wildman–Crippen LogP) is 3.82. The van der Waals surface area contributed by atoms with Crippen LogP contribution in [0, 0.1) is 16.0 Å². The van der Waals surface area contributed by atoms with Crippen molar-refractivity contribution in [1.29, 1.82) is 0 Å². The first-order valence-corrected chi connectivity index (χ1v) is 7.88. The van der Waals surface area contributed by atoms with Crippen LogP contribution in [0.15, 0.2) is 48.8 Å². The lowest BCUT2D eigenvalue weighted by Gasteiger charge is -2.37. The number of nitro benzene ring substituents is 1. The Kier molecular flexibility index (Phi) is 3.45. The summed E-state index contributed by atoms with van der Waals surface area (Å²) in [6.07, 6.45) is 8.83. The second kappa shape index (κ2) is 5.63. The lowest BCUT2D eigenvalue weighted by molar-refractivity contribution is -0.385. The molecular weight excluding hydrogens is 306 g/mol. The Labute approximate surface area is 139 Å². The Bertz CT molecular complexity index is 820. The number of hydrogen-bond donors (Lipinski definition) is 1. The fourth-order valence-electron chi connectivity index (χ4n) is 3.82. The molecule has 0 saturated heterocycles. The van der Waals surface area contributed by atoms with Crippen molar-refractivity contribution in [3.05, 3.63) is 70.1 Å². The minimum Gasteiger partial charge on any atom is -0.494 e. The number of nitrogens with one attached hydrogen (secondary N) is 1. The molecule has 1 aliphatic heterocycles. The summed E-state index contributed by atoms with van der Waals surface area (Å²) in [5.41, 5.74) is 3.01. The molecule has 2 unspecified atom stereocenters. The summed E-state index contributed by atoms with van der Waals surface area (Å²) in [4.78, 5) is 15.0. The molecule has 2 aromatic rings. The van der Waals surface area contributed by atoms with Gasteiger partial charge < -0.3 is 10.1 Å². The van der Waals surface area contributed by atoms with Crippen molar-refractivity contribution in [2.24, 2.45) is 5.92 Å². The summed E-state index contributed by atoms with van der Waals surface area (Å²) >= 11 is 0. The van der Waals surface area contributed by atoms with Gasteiger partial charge in [-0.1, -0.05) is 12.2 Å². The number of pyridine rings is 1. The Balaban J connectivity index is 1.86. The molecule has 2 heterocycles. The highest BCUT2D eigenvalue weighted by Crippen LogP contribution is 2.53. The van der Waals surface area contributed by atoms with Crippen LogP contribution in [0.4, 0.5) is 11.4 Å². The van der Waals surface area contributed by atoms with Crippen molar-refractivity contribution < 1.29 is 9.66 Å². The number of aromatic nitrogens is 1. The van der Waals surface area contributed by atoms with E-state index in [4.69, 9.17) is 4.74 Å². The normalized spacial score (nSPS) is 24.0. The smallest absolute Gasteiger partial charge is 0.273 e. The van der Waals surface area contributed by atoms with E-state index in [2.05, 4.69) is 22.5 Å². The lowest BCUT2D eigenvalue weighted by atomic mass is 9.77. The number of non-ortho nitro benzene ring substituents is 1. The van der Waals surface area contributed by atoms with Crippen molar-refractivity contribution in [2.45, 2.75) is 18.4 Å². The monoisotopic (exact) mass is 323 g/mol. The highest BCUT2D eigenvalue weighted by Gasteiger charge is 2.40. The van der Waals surface area contributed by atoms with Crippen molar-refractivity contribution in [2.75, 3.05) is 12.4 Å². The predicted molar refractivity (Wildman–Crippen MR) is 90.2 cm³/mol. The van der Waals surface area contributed by atoms with Gasteiger partial charge in [0.2, 0.25) is 0 Å². The lowest BCUT2D eigenvalue weighted by Crippen LogP contribution is -2.29. The van der Waals surface area contributed by atoms with E-state index in [-0.39, 0.29) is 22.6 Å². The number of hydrogen-bond acceptors (Lipinski definition) is 5. The highest BCUT2D eigenvalue weighted by atomic mass is 16.6. The molecule has 0 spiro atoms. The third-order valence-corrected chi connectivity index (χ3v) is 4.91. The number of benzene rings is 1. The number of nitrogens with zero attached hydrogens (tertiary/aromatic N) is 2. The molecule has 24 heavy (non-hydrogen) atoms. The third kappa shape index (κ3) is 2.22. The molecule has 0 amide bonds. The molecule has 6 heteroatoms. The Morgan fingerprint density at radius 2 is 2.12 bits per heavy atom. The number of nitro groups is 1. The summed E-state index contributed by atoms with van der Waals surface area (Å²) < 4.78 is 5.43. The van der Waals surface area contributed by atoms with Gasteiger partial charge in [0.1, 0.15) is 5.75 Å². The number of ether oxygens (including phenoxy) is 1. The van der Waals surface area contributed by atoms with Crippen LogP contribution in [0.2, 0.25) is 0 Å². The van der Waals surface area contributed by atoms with Gasteiger partial charge in [-0.3, -0.25) is 15.1 Å². The molecule has 0 radical (unpaired) electrons. The van der Waals surface area contributed by atoms with Gasteiger partial charge in [-0.15, -0.1) is 0 Å². The fourth-order valence-corrected chi connectivity index (χ4v) is 3.82. The first-order valence-electron chi connectivity index (χ1n) is 7.88. The van der Waals surface area contributed by atoms with Crippen LogP contribution in [0.3, 0.4) is 0 Å².